The Morgan fingerprint density at radius 3 is 1.10 bits per heavy atom. The van der Waals surface area contributed by atoms with Gasteiger partial charge >= 0.3 is 0 Å². The molecule has 0 spiro atoms. The van der Waals surface area contributed by atoms with Gasteiger partial charge in [0, 0.05) is 22.3 Å². The maximum absolute atomic E-state index is 5.31. The largest absolute Gasteiger partial charge is 0.208 e. The first-order valence-corrected chi connectivity index (χ1v) is 20.3. The second-order valence-electron chi connectivity index (χ2n) is 14.8. The summed E-state index contributed by atoms with van der Waals surface area (Å²) in [4.78, 5) is 15.7. The molecule has 282 valence electrons. The van der Waals surface area contributed by atoms with Crippen molar-refractivity contribution in [3.63, 3.8) is 0 Å². The molecule has 0 bridgehead atoms. The fourth-order valence-electron chi connectivity index (χ4n) is 8.01. The molecule has 0 aliphatic rings. The standard InChI is InChI=1S/C57H39N3/c1-7-20-40(21-8-1)46-34-35-50(51(37-46)42-24-11-3-12-25-42)47-32-19-33-48(36-47)54-52(43-26-13-4-14-27-43)38-49(41-22-9-2-10-23-41)39-53(54)57-59-55(44-28-15-5-16-29-44)58-56(60-57)45-30-17-6-18-31-45/h1-39H. The van der Waals surface area contributed by atoms with Crippen molar-refractivity contribution in [1.29, 1.82) is 0 Å². The summed E-state index contributed by atoms with van der Waals surface area (Å²) in [5, 5.41) is 0. The third-order valence-electron chi connectivity index (χ3n) is 10.9. The average molecular weight is 766 g/mol. The van der Waals surface area contributed by atoms with Crippen LogP contribution in [0.2, 0.25) is 0 Å². The molecule has 3 nitrogen and oxygen atoms in total. The highest BCUT2D eigenvalue weighted by Crippen LogP contribution is 2.45. The van der Waals surface area contributed by atoms with E-state index >= 15 is 0 Å². The Kier molecular flexibility index (Phi) is 9.97. The van der Waals surface area contributed by atoms with Gasteiger partial charge in [-0.2, -0.15) is 0 Å². The predicted molar refractivity (Wildman–Crippen MR) is 249 cm³/mol. The first kappa shape index (κ1) is 36.3. The minimum atomic E-state index is 0.607. The van der Waals surface area contributed by atoms with Crippen LogP contribution in [0.5, 0.6) is 0 Å². The van der Waals surface area contributed by atoms with Gasteiger partial charge in [0.15, 0.2) is 17.5 Å². The second-order valence-corrected chi connectivity index (χ2v) is 14.8. The third kappa shape index (κ3) is 7.44. The van der Waals surface area contributed by atoms with Crippen LogP contribution in [0.4, 0.5) is 0 Å². The summed E-state index contributed by atoms with van der Waals surface area (Å²) < 4.78 is 0. The van der Waals surface area contributed by atoms with Crippen LogP contribution < -0.4 is 0 Å². The van der Waals surface area contributed by atoms with Crippen LogP contribution in [0.1, 0.15) is 0 Å². The predicted octanol–water partition coefficient (Wildman–Crippen LogP) is 14.9. The molecule has 10 rings (SSSR count). The molecular formula is C57H39N3. The maximum Gasteiger partial charge on any atom is 0.164 e. The van der Waals surface area contributed by atoms with Gasteiger partial charge < -0.3 is 0 Å². The summed E-state index contributed by atoms with van der Waals surface area (Å²) in [6, 6.07) is 83.2. The van der Waals surface area contributed by atoms with Crippen LogP contribution in [0.15, 0.2) is 237 Å². The lowest BCUT2D eigenvalue weighted by Crippen LogP contribution is -2.02. The fraction of sp³-hybridized carbons (Fsp3) is 0. The van der Waals surface area contributed by atoms with Crippen molar-refractivity contribution in [2.24, 2.45) is 0 Å². The van der Waals surface area contributed by atoms with Crippen LogP contribution in [-0.2, 0) is 0 Å². The Morgan fingerprint density at radius 2 is 0.567 bits per heavy atom. The summed E-state index contributed by atoms with van der Waals surface area (Å²) >= 11 is 0. The Morgan fingerprint density at radius 1 is 0.183 bits per heavy atom. The van der Waals surface area contributed by atoms with Gasteiger partial charge in [-0.05, 0) is 85.5 Å². The van der Waals surface area contributed by atoms with Crippen LogP contribution in [0.3, 0.4) is 0 Å². The van der Waals surface area contributed by atoms with E-state index in [9.17, 15) is 0 Å². The number of benzene rings is 9. The van der Waals surface area contributed by atoms with Crippen molar-refractivity contribution >= 4 is 0 Å². The number of hydrogen-bond acceptors (Lipinski definition) is 3. The normalized spacial score (nSPS) is 11.0. The van der Waals surface area contributed by atoms with Crippen molar-refractivity contribution in [2.75, 3.05) is 0 Å². The molecule has 9 aromatic carbocycles. The van der Waals surface area contributed by atoms with Crippen molar-refractivity contribution in [3.05, 3.63) is 237 Å². The Bertz CT molecular complexity index is 2980. The Labute approximate surface area is 351 Å². The molecule has 0 saturated heterocycles. The molecule has 0 aliphatic carbocycles. The van der Waals surface area contributed by atoms with Crippen molar-refractivity contribution in [2.45, 2.75) is 0 Å². The molecule has 0 atom stereocenters. The van der Waals surface area contributed by atoms with E-state index in [0.29, 0.717) is 17.5 Å². The topological polar surface area (TPSA) is 38.7 Å². The number of nitrogens with zero attached hydrogens (tertiary/aromatic N) is 3. The molecule has 1 aromatic heterocycles. The highest BCUT2D eigenvalue weighted by molar-refractivity contribution is 5.98. The monoisotopic (exact) mass is 765 g/mol. The third-order valence-corrected chi connectivity index (χ3v) is 10.9. The van der Waals surface area contributed by atoms with Crippen LogP contribution in [-0.4, -0.2) is 15.0 Å². The SMILES string of the molecule is c1ccc(-c2ccc(-c3cccc(-c4c(-c5ccccc5)cc(-c5ccccc5)cc4-c4nc(-c5ccccc5)nc(-c5ccccc5)n4)c3)c(-c3ccccc3)c2)cc1. The fourth-order valence-corrected chi connectivity index (χ4v) is 8.01. The number of hydrogen-bond donors (Lipinski definition) is 0. The lowest BCUT2D eigenvalue weighted by atomic mass is 9.85. The van der Waals surface area contributed by atoms with E-state index in [1.807, 2.05) is 36.4 Å². The molecule has 0 aliphatic heterocycles. The molecule has 10 aromatic rings. The lowest BCUT2D eigenvalue weighted by molar-refractivity contribution is 1.07. The first-order valence-electron chi connectivity index (χ1n) is 20.3. The summed E-state index contributed by atoms with van der Waals surface area (Å²) in [5.41, 5.74) is 16.3. The minimum Gasteiger partial charge on any atom is -0.208 e. The van der Waals surface area contributed by atoms with E-state index in [-0.39, 0.29) is 0 Å². The molecule has 60 heavy (non-hydrogen) atoms. The van der Waals surface area contributed by atoms with Crippen LogP contribution >= 0.6 is 0 Å². The van der Waals surface area contributed by atoms with E-state index in [2.05, 4.69) is 200 Å². The van der Waals surface area contributed by atoms with Crippen LogP contribution in [0, 0.1) is 0 Å². The molecule has 3 heteroatoms. The zero-order valence-corrected chi connectivity index (χ0v) is 32.9. The van der Waals surface area contributed by atoms with E-state index in [1.54, 1.807) is 0 Å². The van der Waals surface area contributed by atoms with Gasteiger partial charge in [0.25, 0.3) is 0 Å². The van der Waals surface area contributed by atoms with E-state index in [4.69, 9.17) is 15.0 Å². The molecule has 0 radical (unpaired) electrons. The molecule has 0 saturated carbocycles. The van der Waals surface area contributed by atoms with E-state index in [1.165, 1.54) is 22.3 Å². The van der Waals surface area contributed by atoms with E-state index in [0.717, 1.165) is 61.2 Å². The zero-order chi connectivity index (χ0) is 40.1. The summed E-state index contributed by atoms with van der Waals surface area (Å²) in [5.74, 6) is 1.85. The smallest absolute Gasteiger partial charge is 0.164 e. The van der Waals surface area contributed by atoms with Gasteiger partial charge in [-0.3, -0.25) is 0 Å². The van der Waals surface area contributed by atoms with Crippen molar-refractivity contribution in [1.82, 2.24) is 15.0 Å². The maximum atomic E-state index is 5.31. The summed E-state index contributed by atoms with van der Waals surface area (Å²) in [6.45, 7) is 0. The molecule has 0 N–H and O–H groups in total. The Balaban J connectivity index is 1.25. The first-order chi connectivity index (χ1) is 29.7. The average Bonchev–Trinajstić information content (AvgIpc) is 3.35. The molecule has 0 unspecified atom stereocenters. The Hall–Kier alpha value is -8.01. The molecular weight excluding hydrogens is 727 g/mol. The van der Waals surface area contributed by atoms with Crippen molar-refractivity contribution < 1.29 is 0 Å². The number of aromatic nitrogens is 3. The molecule has 0 fully saturated rings. The second kappa shape index (κ2) is 16.5. The highest BCUT2D eigenvalue weighted by atomic mass is 15.0. The van der Waals surface area contributed by atoms with Crippen molar-refractivity contribution in [3.8, 4) is 101 Å². The van der Waals surface area contributed by atoms with E-state index < -0.39 is 0 Å². The van der Waals surface area contributed by atoms with Gasteiger partial charge in [0.1, 0.15) is 0 Å². The molecule has 0 amide bonds. The molecule has 1 heterocycles. The van der Waals surface area contributed by atoms with Gasteiger partial charge in [0.2, 0.25) is 0 Å². The van der Waals surface area contributed by atoms with Gasteiger partial charge in [0.05, 0.1) is 0 Å². The zero-order valence-electron chi connectivity index (χ0n) is 32.9. The lowest BCUT2D eigenvalue weighted by Gasteiger charge is -2.20. The number of rotatable bonds is 9. The van der Waals surface area contributed by atoms with Gasteiger partial charge in [-0.25, -0.2) is 15.0 Å². The van der Waals surface area contributed by atoms with Crippen LogP contribution in [0.25, 0.3) is 101 Å². The quantitative estimate of drug-likeness (QED) is 0.147. The van der Waals surface area contributed by atoms with Gasteiger partial charge in [-0.1, -0.05) is 212 Å². The highest BCUT2D eigenvalue weighted by Gasteiger charge is 2.22. The van der Waals surface area contributed by atoms with Gasteiger partial charge in [-0.15, -0.1) is 0 Å². The summed E-state index contributed by atoms with van der Waals surface area (Å²) in [6.07, 6.45) is 0. The minimum absolute atomic E-state index is 0.607. The summed E-state index contributed by atoms with van der Waals surface area (Å²) in [7, 11) is 0.